The topological polar surface area (TPSA) is 26.3 Å². The Bertz CT molecular complexity index is 676. The zero-order valence-electron chi connectivity index (χ0n) is 10.4. The van der Waals surface area contributed by atoms with Crippen LogP contribution in [-0.4, -0.2) is 18.6 Å². The molecule has 0 fully saturated rings. The Morgan fingerprint density at radius 2 is 1.90 bits per heavy atom. The van der Waals surface area contributed by atoms with Gasteiger partial charge in [-0.1, -0.05) is 30.3 Å². The zero-order chi connectivity index (χ0) is 14.3. The van der Waals surface area contributed by atoms with Crippen molar-refractivity contribution >= 4 is 16.6 Å². The van der Waals surface area contributed by atoms with Gasteiger partial charge >= 0.3 is 6.18 Å². The zero-order valence-corrected chi connectivity index (χ0v) is 10.4. The second-order valence-corrected chi connectivity index (χ2v) is 4.85. The lowest BCUT2D eigenvalue weighted by molar-refractivity contribution is -0.143. The fourth-order valence-corrected chi connectivity index (χ4v) is 2.53. The van der Waals surface area contributed by atoms with Gasteiger partial charge in [-0.05, 0) is 16.8 Å². The van der Waals surface area contributed by atoms with Crippen molar-refractivity contribution in [2.75, 3.05) is 6.61 Å². The van der Waals surface area contributed by atoms with Gasteiger partial charge in [-0.2, -0.15) is 13.2 Å². The molecule has 1 unspecified atom stereocenters. The summed E-state index contributed by atoms with van der Waals surface area (Å²) in [5.74, 6) is -1.28. The number of carbonyl (C=O) groups is 1. The van der Waals surface area contributed by atoms with E-state index in [0.29, 0.717) is 11.1 Å². The smallest absolute Gasteiger partial charge is 0.389 e. The average molecular weight is 280 g/mol. The number of fused-ring (bicyclic) bond motifs is 3. The summed E-state index contributed by atoms with van der Waals surface area (Å²) < 4.78 is 42.8. The number of ketones is 1. The minimum Gasteiger partial charge on any atom is -0.492 e. The summed E-state index contributed by atoms with van der Waals surface area (Å²) in [6.07, 6.45) is -5.51. The summed E-state index contributed by atoms with van der Waals surface area (Å²) >= 11 is 0. The first-order valence-corrected chi connectivity index (χ1v) is 6.21. The van der Waals surface area contributed by atoms with E-state index in [-0.39, 0.29) is 12.2 Å². The number of rotatable bonds is 1. The highest BCUT2D eigenvalue weighted by Gasteiger charge is 2.39. The first-order valence-electron chi connectivity index (χ1n) is 6.21. The van der Waals surface area contributed by atoms with Crippen LogP contribution >= 0.6 is 0 Å². The molecule has 0 amide bonds. The van der Waals surface area contributed by atoms with E-state index in [4.69, 9.17) is 4.74 Å². The fraction of sp³-hybridized carbons (Fsp3) is 0.267. The van der Waals surface area contributed by atoms with Crippen molar-refractivity contribution in [2.45, 2.75) is 12.6 Å². The Kier molecular flexibility index (Phi) is 2.92. The SMILES string of the molecule is O=C1c2c(ccc3ccccc23)OCC1CC(F)(F)F. The molecule has 2 aromatic rings. The lowest BCUT2D eigenvalue weighted by Crippen LogP contribution is -2.32. The van der Waals surface area contributed by atoms with E-state index in [2.05, 4.69) is 0 Å². The van der Waals surface area contributed by atoms with E-state index >= 15 is 0 Å². The molecule has 2 aromatic carbocycles. The number of hydrogen-bond donors (Lipinski definition) is 0. The van der Waals surface area contributed by atoms with Crippen LogP contribution in [0, 0.1) is 5.92 Å². The van der Waals surface area contributed by atoms with Crippen LogP contribution in [-0.2, 0) is 0 Å². The van der Waals surface area contributed by atoms with Crippen LogP contribution in [0.1, 0.15) is 16.8 Å². The molecule has 1 aliphatic heterocycles. The van der Waals surface area contributed by atoms with Gasteiger partial charge in [0.25, 0.3) is 0 Å². The Balaban J connectivity index is 2.08. The van der Waals surface area contributed by atoms with Gasteiger partial charge in [0.05, 0.1) is 24.5 Å². The van der Waals surface area contributed by atoms with Crippen LogP contribution in [0.15, 0.2) is 36.4 Å². The summed E-state index contributed by atoms with van der Waals surface area (Å²) in [7, 11) is 0. The number of alkyl halides is 3. The minimum atomic E-state index is -4.37. The van der Waals surface area contributed by atoms with Gasteiger partial charge in [-0.3, -0.25) is 4.79 Å². The maximum atomic E-state index is 12.5. The van der Waals surface area contributed by atoms with E-state index in [1.165, 1.54) is 0 Å². The number of ether oxygens (including phenoxy) is 1. The highest BCUT2D eigenvalue weighted by Crippen LogP contribution is 2.37. The van der Waals surface area contributed by atoms with Crippen molar-refractivity contribution in [3.05, 3.63) is 42.0 Å². The molecule has 0 spiro atoms. The number of carbonyl (C=O) groups excluding carboxylic acids is 1. The lowest BCUT2D eigenvalue weighted by Gasteiger charge is -2.25. The van der Waals surface area contributed by atoms with E-state index in [1.807, 2.05) is 12.1 Å². The predicted molar refractivity (Wildman–Crippen MR) is 67.9 cm³/mol. The Morgan fingerprint density at radius 3 is 2.65 bits per heavy atom. The summed E-state index contributed by atoms with van der Waals surface area (Å²) in [6, 6.07) is 10.5. The molecular weight excluding hydrogens is 269 g/mol. The molecule has 0 N–H and O–H groups in total. The first-order chi connectivity index (χ1) is 9.46. The molecule has 0 aromatic heterocycles. The Labute approximate surface area is 113 Å². The van der Waals surface area contributed by atoms with Crippen molar-refractivity contribution in [1.82, 2.24) is 0 Å². The number of hydrogen-bond acceptors (Lipinski definition) is 2. The molecule has 5 heteroatoms. The molecule has 1 heterocycles. The van der Waals surface area contributed by atoms with Crippen LogP contribution in [0.4, 0.5) is 13.2 Å². The van der Waals surface area contributed by atoms with Crippen LogP contribution in [0.25, 0.3) is 10.8 Å². The molecule has 0 radical (unpaired) electrons. The third-order valence-electron chi connectivity index (χ3n) is 3.43. The summed E-state index contributed by atoms with van der Waals surface area (Å²) in [6.45, 7) is -0.219. The highest BCUT2D eigenvalue weighted by molar-refractivity contribution is 6.12. The van der Waals surface area contributed by atoms with Crippen molar-refractivity contribution in [3.63, 3.8) is 0 Å². The summed E-state index contributed by atoms with van der Waals surface area (Å²) in [5.41, 5.74) is 0.267. The molecule has 1 atom stereocenters. The number of Topliss-reactive ketones (excluding diaryl/α,β-unsaturated/α-hetero) is 1. The molecule has 2 nitrogen and oxygen atoms in total. The minimum absolute atomic E-state index is 0.219. The Hall–Kier alpha value is -2.04. The molecule has 0 saturated heterocycles. The van der Waals surface area contributed by atoms with Gasteiger partial charge in [0.1, 0.15) is 5.75 Å². The van der Waals surface area contributed by atoms with Gasteiger partial charge in [-0.15, -0.1) is 0 Å². The third kappa shape index (κ3) is 2.24. The van der Waals surface area contributed by atoms with Crippen molar-refractivity contribution in [2.24, 2.45) is 5.92 Å². The molecule has 1 aliphatic rings. The number of halogens is 3. The molecule has 0 saturated carbocycles. The van der Waals surface area contributed by atoms with Crippen molar-refractivity contribution < 1.29 is 22.7 Å². The maximum Gasteiger partial charge on any atom is 0.389 e. The quantitative estimate of drug-likeness (QED) is 0.789. The largest absolute Gasteiger partial charge is 0.492 e. The second-order valence-electron chi connectivity index (χ2n) is 4.85. The van der Waals surface area contributed by atoms with Crippen molar-refractivity contribution in [3.8, 4) is 5.75 Å². The molecule has 0 bridgehead atoms. The summed E-state index contributed by atoms with van der Waals surface area (Å²) in [4.78, 5) is 12.3. The molecule has 0 aliphatic carbocycles. The van der Waals surface area contributed by atoms with Gasteiger partial charge in [0, 0.05) is 0 Å². The summed E-state index contributed by atoms with van der Waals surface area (Å²) in [5, 5.41) is 1.46. The normalized spacial score (nSPS) is 18.8. The van der Waals surface area contributed by atoms with Gasteiger partial charge in [0.15, 0.2) is 5.78 Å². The van der Waals surface area contributed by atoms with Gasteiger partial charge in [-0.25, -0.2) is 0 Å². The lowest BCUT2D eigenvalue weighted by atomic mass is 9.89. The van der Waals surface area contributed by atoms with E-state index < -0.39 is 24.3 Å². The third-order valence-corrected chi connectivity index (χ3v) is 3.43. The maximum absolute atomic E-state index is 12.5. The fourth-order valence-electron chi connectivity index (χ4n) is 2.53. The first kappa shape index (κ1) is 13.0. The predicted octanol–water partition coefficient (Wildman–Crippen LogP) is 3.98. The highest BCUT2D eigenvalue weighted by atomic mass is 19.4. The van der Waals surface area contributed by atoms with Gasteiger partial charge in [0.2, 0.25) is 0 Å². The number of benzene rings is 2. The molecule has 20 heavy (non-hydrogen) atoms. The monoisotopic (exact) mass is 280 g/mol. The molecular formula is C15H11F3O2. The van der Waals surface area contributed by atoms with Crippen LogP contribution < -0.4 is 4.74 Å². The van der Waals surface area contributed by atoms with E-state index in [0.717, 1.165) is 5.39 Å². The molecule has 3 rings (SSSR count). The molecule has 104 valence electrons. The Morgan fingerprint density at radius 1 is 1.15 bits per heavy atom. The van der Waals surface area contributed by atoms with Crippen molar-refractivity contribution in [1.29, 1.82) is 0 Å². The second kappa shape index (κ2) is 4.51. The van der Waals surface area contributed by atoms with Crippen LogP contribution in [0.5, 0.6) is 5.75 Å². The standard InChI is InChI=1S/C15H11F3O2/c16-15(17,18)7-10-8-20-12-6-5-9-3-1-2-4-11(9)13(12)14(10)19/h1-6,10H,7-8H2. The van der Waals surface area contributed by atoms with E-state index in [1.54, 1.807) is 24.3 Å². The van der Waals surface area contributed by atoms with Crippen LogP contribution in [0.2, 0.25) is 0 Å². The van der Waals surface area contributed by atoms with Crippen LogP contribution in [0.3, 0.4) is 0 Å². The van der Waals surface area contributed by atoms with E-state index in [9.17, 15) is 18.0 Å². The average Bonchev–Trinajstić information content (AvgIpc) is 2.40. The van der Waals surface area contributed by atoms with Gasteiger partial charge < -0.3 is 4.74 Å².